The number of carbonyl (C=O) groups is 1. The Labute approximate surface area is 167 Å². The number of aryl methyl sites for hydroxylation is 1. The first kappa shape index (κ1) is 20.4. The van der Waals surface area contributed by atoms with Gasteiger partial charge in [-0.25, -0.2) is 8.42 Å². The SMILES string of the molecule is Cc1ccc(S(=O)(=O)NC(C)C(=O)Nc2ccc(N3CCCCC3)cc2)cc1. The minimum atomic E-state index is -3.75. The molecule has 2 aromatic rings. The monoisotopic (exact) mass is 401 g/mol. The first-order valence-corrected chi connectivity index (χ1v) is 11.1. The third-order valence-electron chi connectivity index (χ3n) is 4.91. The van der Waals surface area contributed by atoms with Gasteiger partial charge in [-0.3, -0.25) is 4.79 Å². The number of sulfonamides is 1. The maximum atomic E-state index is 12.4. The molecule has 150 valence electrons. The van der Waals surface area contributed by atoms with E-state index >= 15 is 0 Å². The molecule has 1 saturated heterocycles. The Bertz CT molecular complexity index is 903. The number of hydrogen-bond acceptors (Lipinski definition) is 4. The quantitative estimate of drug-likeness (QED) is 0.779. The van der Waals surface area contributed by atoms with E-state index in [-0.39, 0.29) is 4.90 Å². The van der Waals surface area contributed by atoms with Crippen molar-refractivity contribution < 1.29 is 13.2 Å². The highest BCUT2D eigenvalue weighted by molar-refractivity contribution is 7.89. The molecule has 1 atom stereocenters. The molecular formula is C21H27N3O3S. The van der Waals surface area contributed by atoms with Gasteiger partial charge >= 0.3 is 0 Å². The average molecular weight is 402 g/mol. The van der Waals surface area contributed by atoms with Gasteiger partial charge in [-0.1, -0.05) is 17.7 Å². The number of benzene rings is 2. The van der Waals surface area contributed by atoms with Crippen LogP contribution in [0.1, 0.15) is 31.7 Å². The Morgan fingerprint density at radius 1 is 0.964 bits per heavy atom. The molecular weight excluding hydrogens is 374 g/mol. The molecule has 2 aromatic carbocycles. The molecule has 6 nitrogen and oxygen atoms in total. The Kier molecular flexibility index (Phi) is 6.36. The normalized spacial score (nSPS) is 15.9. The molecule has 0 aliphatic carbocycles. The minimum absolute atomic E-state index is 0.142. The molecule has 1 unspecified atom stereocenters. The maximum absolute atomic E-state index is 12.4. The lowest BCUT2D eigenvalue weighted by Crippen LogP contribution is -2.41. The zero-order valence-electron chi connectivity index (χ0n) is 16.3. The van der Waals surface area contributed by atoms with Gasteiger partial charge in [0.25, 0.3) is 0 Å². The molecule has 0 aromatic heterocycles. The zero-order chi connectivity index (χ0) is 20.1. The van der Waals surface area contributed by atoms with Crippen LogP contribution in [0.2, 0.25) is 0 Å². The van der Waals surface area contributed by atoms with Crippen molar-refractivity contribution >= 4 is 27.3 Å². The van der Waals surface area contributed by atoms with Crippen molar-refractivity contribution in [1.82, 2.24) is 4.72 Å². The number of piperidine rings is 1. The molecule has 0 bridgehead atoms. The number of carbonyl (C=O) groups excluding carboxylic acids is 1. The lowest BCUT2D eigenvalue weighted by molar-refractivity contribution is -0.117. The van der Waals surface area contributed by atoms with Gasteiger partial charge in [-0.2, -0.15) is 4.72 Å². The molecule has 3 rings (SSSR count). The Hall–Kier alpha value is -2.38. The van der Waals surface area contributed by atoms with Gasteiger partial charge < -0.3 is 10.2 Å². The summed E-state index contributed by atoms with van der Waals surface area (Å²) in [5, 5.41) is 2.77. The summed E-state index contributed by atoms with van der Waals surface area (Å²) in [6.45, 7) is 5.53. The Morgan fingerprint density at radius 3 is 2.18 bits per heavy atom. The number of nitrogens with one attached hydrogen (secondary N) is 2. The number of hydrogen-bond donors (Lipinski definition) is 2. The molecule has 1 aliphatic heterocycles. The minimum Gasteiger partial charge on any atom is -0.372 e. The predicted octanol–water partition coefficient (Wildman–Crippen LogP) is 3.29. The molecule has 1 amide bonds. The molecule has 1 fully saturated rings. The van der Waals surface area contributed by atoms with E-state index in [1.807, 2.05) is 31.2 Å². The maximum Gasteiger partial charge on any atom is 0.242 e. The van der Waals surface area contributed by atoms with Crippen molar-refractivity contribution in [2.24, 2.45) is 0 Å². The Balaban J connectivity index is 1.59. The van der Waals surface area contributed by atoms with Crippen LogP contribution in [-0.2, 0) is 14.8 Å². The number of amides is 1. The second-order valence-electron chi connectivity index (χ2n) is 7.24. The van der Waals surface area contributed by atoms with Crippen LogP contribution in [0.5, 0.6) is 0 Å². The van der Waals surface area contributed by atoms with Crippen LogP contribution in [0.3, 0.4) is 0 Å². The smallest absolute Gasteiger partial charge is 0.242 e. The van der Waals surface area contributed by atoms with Crippen LogP contribution in [0, 0.1) is 6.92 Å². The van der Waals surface area contributed by atoms with Crippen molar-refractivity contribution in [2.75, 3.05) is 23.3 Å². The van der Waals surface area contributed by atoms with E-state index in [1.165, 1.54) is 38.3 Å². The largest absolute Gasteiger partial charge is 0.372 e. The third-order valence-corrected chi connectivity index (χ3v) is 6.47. The highest BCUT2D eigenvalue weighted by Crippen LogP contribution is 2.22. The molecule has 28 heavy (non-hydrogen) atoms. The Morgan fingerprint density at radius 2 is 1.57 bits per heavy atom. The van der Waals surface area contributed by atoms with Gasteiger partial charge in [-0.15, -0.1) is 0 Å². The number of rotatable bonds is 6. The lowest BCUT2D eigenvalue weighted by Gasteiger charge is -2.28. The molecule has 0 spiro atoms. The fourth-order valence-corrected chi connectivity index (χ4v) is 4.43. The molecule has 0 saturated carbocycles. The first-order chi connectivity index (χ1) is 13.3. The van der Waals surface area contributed by atoms with Crippen LogP contribution in [0.15, 0.2) is 53.4 Å². The van der Waals surface area contributed by atoms with Crippen molar-refractivity contribution in [3.8, 4) is 0 Å². The second-order valence-corrected chi connectivity index (χ2v) is 8.95. The average Bonchev–Trinajstić information content (AvgIpc) is 2.69. The highest BCUT2D eigenvalue weighted by atomic mass is 32.2. The lowest BCUT2D eigenvalue weighted by atomic mass is 10.1. The standard InChI is InChI=1S/C21H27N3O3S/c1-16-6-12-20(13-7-16)28(26,27)23-17(2)21(25)22-18-8-10-19(11-9-18)24-14-4-3-5-15-24/h6-13,17,23H,3-5,14-15H2,1-2H3,(H,22,25). The van der Waals surface area contributed by atoms with E-state index in [1.54, 1.807) is 12.1 Å². The molecule has 1 aliphatic rings. The van der Waals surface area contributed by atoms with E-state index in [4.69, 9.17) is 0 Å². The molecule has 1 heterocycles. The summed E-state index contributed by atoms with van der Waals surface area (Å²) in [5.41, 5.74) is 2.76. The van der Waals surface area contributed by atoms with E-state index in [9.17, 15) is 13.2 Å². The first-order valence-electron chi connectivity index (χ1n) is 9.60. The fraction of sp³-hybridized carbons (Fsp3) is 0.381. The van der Waals surface area contributed by atoms with E-state index in [2.05, 4.69) is 14.9 Å². The number of anilines is 2. The summed E-state index contributed by atoms with van der Waals surface area (Å²) >= 11 is 0. The van der Waals surface area contributed by atoms with Gasteiger partial charge in [0.1, 0.15) is 0 Å². The second kappa shape index (κ2) is 8.75. The van der Waals surface area contributed by atoms with Gasteiger partial charge in [0.05, 0.1) is 10.9 Å². The van der Waals surface area contributed by atoms with E-state index in [0.717, 1.165) is 24.3 Å². The summed E-state index contributed by atoms with van der Waals surface area (Å²) < 4.78 is 27.3. The van der Waals surface area contributed by atoms with E-state index in [0.29, 0.717) is 5.69 Å². The molecule has 0 radical (unpaired) electrons. The zero-order valence-corrected chi connectivity index (χ0v) is 17.1. The van der Waals surface area contributed by atoms with E-state index < -0.39 is 22.0 Å². The summed E-state index contributed by atoms with van der Waals surface area (Å²) in [6, 6.07) is 13.3. The summed E-state index contributed by atoms with van der Waals surface area (Å²) in [4.78, 5) is 14.9. The van der Waals surface area contributed by atoms with Gasteiger partial charge in [0, 0.05) is 24.5 Å². The van der Waals surface area contributed by atoms with Crippen LogP contribution < -0.4 is 14.9 Å². The van der Waals surface area contributed by atoms with Gasteiger partial charge in [-0.05, 0) is 69.5 Å². The molecule has 7 heteroatoms. The number of nitrogens with zero attached hydrogens (tertiary/aromatic N) is 1. The van der Waals surface area contributed by atoms with Gasteiger partial charge in [0.2, 0.25) is 15.9 Å². The summed E-state index contributed by atoms with van der Waals surface area (Å²) in [5.74, 6) is -0.401. The summed E-state index contributed by atoms with van der Waals surface area (Å²) in [7, 11) is -3.75. The predicted molar refractivity (Wildman–Crippen MR) is 112 cm³/mol. The van der Waals surface area contributed by atoms with Crippen LogP contribution >= 0.6 is 0 Å². The third kappa shape index (κ3) is 5.11. The highest BCUT2D eigenvalue weighted by Gasteiger charge is 2.22. The van der Waals surface area contributed by atoms with Crippen molar-refractivity contribution in [2.45, 2.75) is 44.0 Å². The summed E-state index contributed by atoms with van der Waals surface area (Å²) in [6.07, 6.45) is 3.69. The van der Waals surface area contributed by atoms with Crippen LogP contribution in [0.25, 0.3) is 0 Å². The molecule has 2 N–H and O–H groups in total. The fourth-order valence-electron chi connectivity index (χ4n) is 3.23. The van der Waals surface area contributed by atoms with Crippen LogP contribution in [0.4, 0.5) is 11.4 Å². The van der Waals surface area contributed by atoms with Crippen LogP contribution in [-0.4, -0.2) is 33.5 Å². The van der Waals surface area contributed by atoms with Crippen molar-refractivity contribution in [3.05, 3.63) is 54.1 Å². The van der Waals surface area contributed by atoms with Gasteiger partial charge in [0.15, 0.2) is 0 Å². The topological polar surface area (TPSA) is 78.5 Å². The van der Waals surface area contributed by atoms with Crippen molar-refractivity contribution in [3.63, 3.8) is 0 Å². The van der Waals surface area contributed by atoms with Crippen molar-refractivity contribution in [1.29, 1.82) is 0 Å².